The van der Waals surface area contributed by atoms with Crippen molar-refractivity contribution < 1.29 is 4.79 Å². The number of nitrogens with zero attached hydrogens (tertiary/aromatic N) is 5. The summed E-state index contributed by atoms with van der Waals surface area (Å²) in [5.74, 6) is 0.354. The summed E-state index contributed by atoms with van der Waals surface area (Å²) < 4.78 is 1.70. The number of amides is 2. The molecule has 0 aliphatic carbocycles. The molecule has 124 valence electrons. The number of fused-ring (bicyclic) bond motifs is 1. The molecular formula is C16H24N6O. The maximum atomic E-state index is 12.7. The van der Waals surface area contributed by atoms with Gasteiger partial charge in [-0.2, -0.15) is 10.4 Å². The summed E-state index contributed by atoms with van der Waals surface area (Å²) in [6.07, 6.45) is 4.05. The molecule has 0 aromatic carbocycles. The summed E-state index contributed by atoms with van der Waals surface area (Å²) in [5, 5.41) is 16.4. The molecule has 1 N–H and O–H groups in total. The Kier molecular flexibility index (Phi) is 4.26. The Bertz CT molecular complexity index is 631. The molecule has 3 rings (SSSR count). The highest BCUT2D eigenvalue weighted by atomic mass is 16.2. The molecule has 2 aliphatic heterocycles. The smallest absolute Gasteiger partial charge is 0.319 e. The predicted octanol–water partition coefficient (Wildman–Crippen LogP) is 2.04. The number of carbonyl (C=O) groups excluding carboxylic acids is 1. The number of carbonyl (C=O) groups is 1. The van der Waals surface area contributed by atoms with Crippen molar-refractivity contribution in [1.82, 2.24) is 19.6 Å². The van der Waals surface area contributed by atoms with Crippen LogP contribution < -0.4 is 5.32 Å². The molecule has 2 aliphatic rings. The molecule has 23 heavy (non-hydrogen) atoms. The number of anilines is 1. The zero-order valence-corrected chi connectivity index (χ0v) is 14.0. The Hall–Kier alpha value is -2.07. The normalized spacial score (nSPS) is 24.6. The molecule has 1 aromatic rings. The van der Waals surface area contributed by atoms with Crippen LogP contribution in [0, 0.1) is 11.3 Å². The maximum Gasteiger partial charge on any atom is 0.323 e. The van der Waals surface area contributed by atoms with Crippen molar-refractivity contribution in [2.75, 3.05) is 25.0 Å². The minimum absolute atomic E-state index is 0.147. The molecule has 0 bridgehead atoms. The first-order valence-electron chi connectivity index (χ1n) is 8.30. The highest BCUT2D eigenvalue weighted by Gasteiger charge is 2.36. The molecule has 7 nitrogen and oxygen atoms in total. The number of hydrogen-bond acceptors (Lipinski definition) is 4. The third-order valence-electron chi connectivity index (χ3n) is 4.81. The first-order valence-corrected chi connectivity index (χ1v) is 8.30. The zero-order chi connectivity index (χ0) is 16.6. The van der Waals surface area contributed by atoms with E-state index in [1.165, 1.54) is 6.42 Å². The van der Waals surface area contributed by atoms with Gasteiger partial charge >= 0.3 is 6.03 Å². The van der Waals surface area contributed by atoms with E-state index >= 15 is 0 Å². The lowest BCUT2D eigenvalue weighted by atomic mass is 10.1. The summed E-state index contributed by atoms with van der Waals surface area (Å²) in [6.45, 7) is 8.86. The average molecular weight is 316 g/mol. The van der Waals surface area contributed by atoms with Crippen LogP contribution in [-0.4, -0.2) is 57.3 Å². The lowest BCUT2D eigenvalue weighted by molar-refractivity contribution is 0.0861. The van der Waals surface area contributed by atoms with Crippen LogP contribution in [0.5, 0.6) is 0 Å². The van der Waals surface area contributed by atoms with Crippen molar-refractivity contribution in [2.24, 2.45) is 0 Å². The summed E-state index contributed by atoms with van der Waals surface area (Å²) >= 11 is 0. The topological polar surface area (TPSA) is 77.2 Å². The molecule has 3 heterocycles. The van der Waals surface area contributed by atoms with E-state index in [-0.39, 0.29) is 18.1 Å². The monoisotopic (exact) mass is 316 g/mol. The second kappa shape index (κ2) is 6.20. The van der Waals surface area contributed by atoms with Crippen LogP contribution in [0.3, 0.4) is 0 Å². The van der Waals surface area contributed by atoms with Crippen molar-refractivity contribution in [3.8, 4) is 6.07 Å². The van der Waals surface area contributed by atoms with Crippen molar-refractivity contribution in [3.05, 3.63) is 11.8 Å². The number of piperazine rings is 1. The van der Waals surface area contributed by atoms with Gasteiger partial charge in [-0.05, 0) is 40.2 Å². The Morgan fingerprint density at radius 1 is 1.48 bits per heavy atom. The summed E-state index contributed by atoms with van der Waals surface area (Å²) in [4.78, 5) is 17.0. The molecule has 0 spiro atoms. The standard InChI is InChI=1S/C16H24N6O/c1-11(2)22-9-13(7-17)15(19-22)18-16(23)21-10-14-5-4-6-20(14)8-12(21)3/h9,11-12,14H,4-6,8,10H2,1-3H3,(H,18,19,23)/t12-,14-/m1/s1. The first kappa shape index (κ1) is 15.8. The molecule has 2 atom stereocenters. The first-order chi connectivity index (χ1) is 11.0. The van der Waals surface area contributed by atoms with Gasteiger partial charge in [0, 0.05) is 37.4 Å². The van der Waals surface area contributed by atoms with E-state index < -0.39 is 0 Å². The predicted molar refractivity (Wildman–Crippen MR) is 87.1 cm³/mol. The van der Waals surface area contributed by atoms with E-state index in [0.717, 1.165) is 26.1 Å². The van der Waals surface area contributed by atoms with Gasteiger partial charge in [0.2, 0.25) is 0 Å². The number of nitrogens with one attached hydrogen (secondary N) is 1. The Morgan fingerprint density at radius 2 is 2.26 bits per heavy atom. The van der Waals surface area contributed by atoms with E-state index in [1.54, 1.807) is 10.9 Å². The second-order valence-corrected chi connectivity index (χ2v) is 6.80. The van der Waals surface area contributed by atoms with Gasteiger partial charge in [0.15, 0.2) is 5.82 Å². The van der Waals surface area contributed by atoms with Gasteiger partial charge in [0.05, 0.1) is 0 Å². The number of rotatable bonds is 2. The molecule has 0 unspecified atom stereocenters. The second-order valence-electron chi connectivity index (χ2n) is 6.80. The summed E-state index contributed by atoms with van der Waals surface area (Å²) in [7, 11) is 0. The van der Waals surface area contributed by atoms with E-state index in [9.17, 15) is 10.1 Å². The van der Waals surface area contributed by atoms with Crippen LogP contribution >= 0.6 is 0 Å². The molecule has 0 saturated carbocycles. The van der Waals surface area contributed by atoms with Crippen molar-refractivity contribution >= 4 is 11.8 Å². The van der Waals surface area contributed by atoms with E-state index in [1.807, 2.05) is 18.7 Å². The van der Waals surface area contributed by atoms with Gasteiger partial charge in [-0.3, -0.25) is 14.9 Å². The Labute approximate surface area is 136 Å². The van der Waals surface area contributed by atoms with Crippen LogP contribution in [0.25, 0.3) is 0 Å². The van der Waals surface area contributed by atoms with Crippen molar-refractivity contribution in [2.45, 2.75) is 51.7 Å². The number of nitriles is 1. The SMILES string of the molecule is CC(C)n1cc(C#N)c(NC(=O)N2C[C@H]3CCCN3C[C@H]2C)n1. The maximum absolute atomic E-state index is 12.7. The fraction of sp³-hybridized carbons (Fsp3) is 0.688. The average Bonchev–Trinajstić information content (AvgIpc) is 3.12. The minimum Gasteiger partial charge on any atom is -0.319 e. The quantitative estimate of drug-likeness (QED) is 0.905. The third kappa shape index (κ3) is 3.04. The van der Waals surface area contributed by atoms with Gasteiger partial charge < -0.3 is 4.90 Å². The third-order valence-corrected chi connectivity index (χ3v) is 4.81. The molecule has 1 aromatic heterocycles. The molecular weight excluding hydrogens is 292 g/mol. The van der Waals surface area contributed by atoms with E-state index in [2.05, 4.69) is 28.3 Å². The number of hydrogen-bond donors (Lipinski definition) is 1. The van der Waals surface area contributed by atoms with Crippen molar-refractivity contribution in [1.29, 1.82) is 5.26 Å². The lowest BCUT2D eigenvalue weighted by Crippen LogP contribution is -2.57. The number of urea groups is 1. The van der Waals surface area contributed by atoms with Crippen LogP contribution in [0.2, 0.25) is 0 Å². The molecule has 0 radical (unpaired) electrons. The van der Waals surface area contributed by atoms with Crippen molar-refractivity contribution in [3.63, 3.8) is 0 Å². The van der Waals surface area contributed by atoms with Gasteiger partial charge in [0.25, 0.3) is 0 Å². The molecule has 2 saturated heterocycles. The lowest BCUT2D eigenvalue weighted by Gasteiger charge is -2.42. The van der Waals surface area contributed by atoms with Crippen LogP contribution in [0.1, 0.15) is 45.2 Å². The van der Waals surface area contributed by atoms with Gasteiger partial charge in [-0.25, -0.2) is 4.79 Å². The largest absolute Gasteiger partial charge is 0.323 e. The Balaban J connectivity index is 1.73. The van der Waals surface area contributed by atoms with Crippen LogP contribution in [-0.2, 0) is 0 Å². The summed E-state index contributed by atoms with van der Waals surface area (Å²) in [5.41, 5.74) is 0.402. The highest BCUT2D eigenvalue weighted by molar-refractivity contribution is 5.89. The van der Waals surface area contributed by atoms with Gasteiger partial charge in [-0.15, -0.1) is 0 Å². The minimum atomic E-state index is -0.158. The van der Waals surface area contributed by atoms with E-state index in [0.29, 0.717) is 17.4 Å². The molecule has 7 heteroatoms. The van der Waals surface area contributed by atoms with Gasteiger partial charge in [0.1, 0.15) is 11.6 Å². The Morgan fingerprint density at radius 3 is 2.96 bits per heavy atom. The summed E-state index contributed by atoms with van der Waals surface area (Å²) in [6, 6.07) is 2.73. The molecule has 2 fully saturated rings. The fourth-order valence-corrected chi connectivity index (χ4v) is 3.47. The van der Waals surface area contributed by atoms with Crippen LogP contribution in [0.4, 0.5) is 10.6 Å². The highest BCUT2D eigenvalue weighted by Crippen LogP contribution is 2.25. The molecule has 2 amide bonds. The van der Waals surface area contributed by atoms with E-state index in [4.69, 9.17) is 0 Å². The fourth-order valence-electron chi connectivity index (χ4n) is 3.47. The van der Waals surface area contributed by atoms with Crippen LogP contribution in [0.15, 0.2) is 6.20 Å². The zero-order valence-electron chi connectivity index (χ0n) is 14.0. The number of aromatic nitrogens is 2. The van der Waals surface area contributed by atoms with Gasteiger partial charge in [-0.1, -0.05) is 0 Å².